The number of halogens is 2. The summed E-state index contributed by atoms with van der Waals surface area (Å²) in [6, 6.07) is 11.6. The van der Waals surface area contributed by atoms with Crippen molar-refractivity contribution in [3.05, 3.63) is 75.4 Å². The highest BCUT2D eigenvalue weighted by atomic mass is 35.5. The maximum atomic E-state index is 13.1. The number of carbonyl (C=O) groups is 2. The molecule has 0 bridgehead atoms. The Morgan fingerprint density at radius 2 is 1.87 bits per heavy atom. The van der Waals surface area contributed by atoms with Crippen molar-refractivity contribution < 1.29 is 14.7 Å². The van der Waals surface area contributed by atoms with Crippen LogP contribution in [0.2, 0.25) is 10.0 Å². The summed E-state index contributed by atoms with van der Waals surface area (Å²) in [7, 11) is 0. The second-order valence-corrected chi connectivity index (χ2v) is 8.43. The average molecular weight is 457 g/mol. The van der Waals surface area contributed by atoms with E-state index in [0.29, 0.717) is 17.1 Å². The number of H-pyrrole nitrogens is 1. The second kappa shape index (κ2) is 8.77. The lowest BCUT2D eigenvalue weighted by molar-refractivity contribution is -0.139. The van der Waals surface area contributed by atoms with Gasteiger partial charge in [-0.05, 0) is 30.7 Å². The van der Waals surface area contributed by atoms with E-state index < -0.39 is 17.7 Å². The first kappa shape index (κ1) is 21.5. The van der Waals surface area contributed by atoms with Crippen LogP contribution in [0.5, 0.6) is 0 Å². The summed E-state index contributed by atoms with van der Waals surface area (Å²) in [5.74, 6) is -1.56. The molecule has 4 rings (SSSR count). The Hall–Kier alpha value is -2.76. The van der Waals surface area contributed by atoms with Gasteiger partial charge in [0.1, 0.15) is 5.76 Å². The van der Waals surface area contributed by atoms with Crippen molar-refractivity contribution in [1.82, 2.24) is 9.88 Å². The molecule has 1 unspecified atom stereocenters. The molecule has 0 spiro atoms. The number of amides is 1. The van der Waals surface area contributed by atoms with Crippen LogP contribution in [0.4, 0.5) is 0 Å². The minimum absolute atomic E-state index is 0.0599. The number of aliphatic hydroxyl groups is 1. The van der Waals surface area contributed by atoms with Gasteiger partial charge in [0.15, 0.2) is 0 Å². The topological polar surface area (TPSA) is 73.4 Å². The number of ketones is 1. The van der Waals surface area contributed by atoms with E-state index >= 15 is 0 Å². The van der Waals surface area contributed by atoms with Crippen molar-refractivity contribution in [2.24, 2.45) is 0 Å². The van der Waals surface area contributed by atoms with Crippen LogP contribution in [-0.4, -0.2) is 33.2 Å². The normalized spacial score (nSPS) is 18.3. The SMILES string of the molecule is CCCCCN1C(=O)C(=O)/C(=C(/O)c2ccc(Cl)c(Cl)c2)C1c1c[nH]c2ccccc12. The number of nitrogens with one attached hydrogen (secondary N) is 1. The zero-order chi connectivity index (χ0) is 22.1. The maximum Gasteiger partial charge on any atom is 0.295 e. The number of likely N-dealkylation sites (tertiary alicyclic amines) is 1. The van der Waals surface area contributed by atoms with Crippen molar-refractivity contribution in [2.75, 3.05) is 6.54 Å². The Balaban J connectivity index is 1.89. The third kappa shape index (κ3) is 3.84. The minimum Gasteiger partial charge on any atom is -0.507 e. The van der Waals surface area contributed by atoms with Crippen LogP contribution in [0, 0.1) is 0 Å². The molecule has 1 aliphatic heterocycles. The first-order valence-electron chi connectivity index (χ1n) is 10.2. The first-order chi connectivity index (χ1) is 14.9. The van der Waals surface area contributed by atoms with Gasteiger partial charge in [-0.25, -0.2) is 0 Å². The van der Waals surface area contributed by atoms with Crippen LogP contribution in [-0.2, 0) is 9.59 Å². The van der Waals surface area contributed by atoms with Gasteiger partial charge in [0.2, 0.25) is 0 Å². The molecular weight excluding hydrogens is 435 g/mol. The van der Waals surface area contributed by atoms with E-state index in [1.807, 2.05) is 24.3 Å². The summed E-state index contributed by atoms with van der Waals surface area (Å²) >= 11 is 12.1. The van der Waals surface area contributed by atoms with Crippen LogP contribution >= 0.6 is 23.2 Å². The van der Waals surface area contributed by atoms with Gasteiger partial charge in [0.25, 0.3) is 11.7 Å². The molecule has 0 radical (unpaired) electrons. The molecule has 31 heavy (non-hydrogen) atoms. The molecule has 2 N–H and O–H groups in total. The van der Waals surface area contributed by atoms with Crippen LogP contribution in [0.1, 0.15) is 43.4 Å². The minimum atomic E-state index is -0.699. The van der Waals surface area contributed by atoms with Crippen LogP contribution in [0.15, 0.2) is 54.2 Å². The largest absolute Gasteiger partial charge is 0.507 e. The molecule has 1 aliphatic rings. The van der Waals surface area contributed by atoms with Gasteiger partial charge in [-0.3, -0.25) is 9.59 Å². The Bertz CT molecular complexity index is 1200. The third-order valence-corrected chi connectivity index (χ3v) is 6.39. The van der Waals surface area contributed by atoms with Gasteiger partial charge in [-0.15, -0.1) is 0 Å². The van der Waals surface area contributed by atoms with Crippen molar-refractivity contribution in [1.29, 1.82) is 0 Å². The fourth-order valence-electron chi connectivity index (χ4n) is 4.09. The molecule has 160 valence electrons. The standard InChI is InChI=1S/C24H22Cl2N2O3/c1-2-3-6-11-28-21(16-13-27-19-8-5-4-7-15(16)19)20(23(30)24(28)31)22(29)14-9-10-17(25)18(26)12-14/h4-5,7-10,12-13,21,27,29H,2-3,6,11H2,1H3/b22-20+. The molecular formula is C24H22Cl2N2O3. The summed E-state index contributed by atoms with van der Waals surface area (Å²) in [5.41, 5.74) is 2.06. The molecule has 2 aromatic carbocycles. The molecule has 7 heteroatoms. The van der Waals surface area contributed by atoms with Gasteiger partial charge in [-0.1, -0.05) is 61.2 Å². The first-order valence-corrected chi connectivity index (χ1v) is 11.0. The number of carbonyl (C=O) groups excluding carboxylic acids is 2. The molecule has 0 saturated carbocycles. The van der Waals surface area contributed by atoms with E-state index in [2.05, 4.69) is 11.9 Å². The van der Waals surface area contributed by atoms with Gasteiger partial charge >= 0.3 is 0 Å². The lowest BCUT2D eigenvalue weighted by Crippen LogP contribution is -2.30. The Labute approximate surface area is 190 Å². The van der Waals surface area contributed by atoms with E-state index in [0.717, 1.165) is 35.7 Å². The fraction of sp³-hybridized carbons (Fsp3) is 0.250. The predicted molar refractivity (Wildman–Crippen MR) is 123 cm³/mol. The highest BCUT2D eigenvalue weighted by Crippen LogP contribution is 2.42. The number of fused-ring (bicyclic) bond motifs is 1. The summed E-state index contributed by atoms with van der Waals surface area (Å²) in [4.78, 5) is 30.8. The van der Waals surface area contributed by atoms with Gasteiger partial charge in [0.05, 0.1) is 21.7 Å². The van der Waals surface area contributed by atoms with Crippen molar-refractivity contribution in [3.63, 3.8) is 0 Å². The number of aromatic amines is 1. The summed E-state index contributed by atoms with van der Waals surface area (Å²) in [6.07, 6.45) is 4.51. The van der Waals surface area contributed by atoms with Crippen LogP contribution < -0.4 is 0 Å². The van der Waals surface area contributed by atoms with Crippen LogP contribution in [0.25, 0.3) is 16.7 Å². The number of nitrogens with zero attached hydrogens (tertiary/aromatic N) is 1. The maximum absolute atomic E-state index is 13.1. The van der Waals surface area contributed by atoms with Gasteiger partial charge in [-0.2, -0.15) is 0 Å². The molecule has 1 aromatic heterocycles. The Morgan fingerprint density at radius 3 is 2.61 bits per heavy atom. The monoisotopic (exact) mass is 456 g/mol. The van der Waals surface area contributed by atoms with E-state index in [4.69, 9.17) is 23.2 Å². The van der Waals surface area contributed by atoms with Gasteiger partial charge in [0, 0.05) is 34.8 Å². The quantitative estimate of drug-likeness (QED) is 0.204. The second-order valence-electron chi connectivity index (χ2n) is 7.62. The number of aliphatic hydroxyl groups excluding tert-OH is 1. The Kier molecular flexibility index (Phi) is 6.08. The predicted octanol–water partition coefficient (Wildman–Crippen LogP) is 6.09. The molecule has 5 nitrogen and oxygen atoms in total. The lowest BCUT2D eigenvalue weighted by Gasteiger charge is -2.25. The van der Waals surface area contributed by atoms with Crippen molar-refractivity contribution in [3.8, 4) is 0 Å². The fourth-order valence-corrected chi connectivity index (χ4v) is 4.38. The number of unbranched alkanes of at least 4 members (excludes halogenated alkanes) is 2. The van der Waals surface area contributed by atoms with Crippen LogP contribution in [0.3, 0.4) is 0 Å². The average Bonchev–Trinajstić information content (AvgIpc) is 3.29. The van der Waals surface area contributed by atoms with E-state index in [9.17, 15) is 14.7 Å². The number of para-hydroxylation sites is 1. The smallest absolute Gasteiger partial charge is 0.295 e. The summed E-state index contributed by atoms with van der Waals surface area (Å²) in [5, 5.41) is 12.6. The molecule has 1 saturated heterocycles. The zero-order valence-corrected chi connectivity index (χ0v) is 18.5. The Morgan fingerprint density at radius 1 is 1.10 bits per heavy atom. The highest BCUT2D eigenvalue weighted by Gasteiger charge is 2.46. The zero-order valence-electron chi connectivity index (χ0n) is 17.0. The third-order valence-electron chi connectivity index (χ3n) is 5.65. The molecule has 1 atom stereocenters. The van der Waals surface area contributed by atoms with E-state index in [-0.39, 0.29) is 16.4 Å². The van der Waals surface area contributed by atoms with E-state index in [1.54, 1.807) is 23.2 Å². The number of aromatic nitrogens is 1. The molecule has 1 fully saturated rings. The molecule has 2 heterocycles. The molecule has 0 aliphatic carbocycles. The number of benzene rings is 2. The number of hydrogen-bond donors (Lipinski definition) is 2. The summed E-state index contributed by atoms with van der Waals surface area (Å²) < 4.78 is 0. The van der Waals surface area contributed by atoms with Crippen molar-refractivity contribution >= 4 is 51.6 Å². The highest BCUT2D eigenvalue weighted by molar-refractivity contribution is 6.47. The number of rotatable bonds is 6. The number of Topliss-reactive ketones (excluding diaryl/α,β-unsaturated/α-hetero) is 1. The molecule has 3 aromatic rings. The summed E-state index contributed by atoms with van der Waals surface area (Å²) in [6.45, 7) is 2.51. The number of hydrogen-bond acceptors (Lipinski definition) is 3. The van der Waals surface area contributed by atoms with E-state index in [1.165, 1.54) is 6.07 Å². The van der Waals surface area contributed by atoms with Crippen molar-refractivity contribution in [2.45, 2.75) is 32.2 Å². The molecule has 1 amide bonds. The van der Waals surface area contributed by atoms with Gasteiger partial charge < -0.3 is 15.0 Å². The lowest BCUT2D eigenvalue weighted by atomic mass is 9.95.